The monoisotopic (exact) mass is 164 g/mol. The predicted octanol–water partition coefficient (Wildman–Crippen LogP) is 1.68. The lowest BCUT2D eigenvalue weighted by molar-refractivity contribution is -0.137. The highest BCUT2D eigenvalue weighted by atomic mass is 31.1. The molecule has 10 heavy (non-hydrogen) atoms. The van der Waals surface area contributed by atoms with Crippen LogP contribution in [0.3, 0.4) is 0 Å². The molecule has 60 valence electrons. The third-order valence-corrected chi connectivity index (χ3v) is 1.98. The molecular weight excluding hydrogens is 151 g/mol. The van der Waals surface area contributed by atoms with Crippen LogP contribution in [0.15, 0.2) is 0 Å². The second-order valence-corrected chi connectivity index (χ2v) is 3.96. The van der Waals surface area contributed by atoms with Gasteiger partial charge in [-0.3, -0.25) is 9.36 Å². The zero-order valence-corrected chi connectivity index (χ0v) is 7.51. The summed E-state index contributed by atoms with van der Waals surface area (Å²) in [5.74, 6) is -0.550. The van der Waals surface area contributed by atoms with E-state index in [4.69, 9.17) is 0 Å². The fraction of sp³-hybridized carbons (Fsp3) is 0.833. The van der Waals surface area contributed by atoms with Gasteiger partial charge >= 0.3 is 5.97 Å². The van der Waals surface area contributed by atoms with Gasteiger partial charge in [0.1, 0.15) is 0 Å². The predicted molar refractivity (Wildman–Crippen MR) is 40.5 cm³/mol. The lowest BCUT2D eigenvalue weighted by Gasteiger charge is -2.03. The molecule has 1 atom stereocenters. The Hall–Kier alpha value is -0.300. The van der Waals surface area contributed by atoms with E-state index in [1.54, 1.807) is 20.8 Å². The van der Waals surface area contributed by atoms with E-state index in [9.17, 15) is 9.36 Å². The summed E-state index contributed by atoms with van der Waals surface area (Å²) < 4.78 is 15.2. The van der Waals surface area contributed by atoms with Crippen LogP contribution in [0.4, 0.5) is 0 Å². The highest BCUT2D eigenvalue weighted by Crippen LogP contribution is 2.22. The van der Waals surface area contributed by atoms with Gasteiger partial charge in [0, 0.05) is 6.16 Å². The highest BCUT2D eigenvalue weighted by molar-refractivity contribution is 7.39. The third kappa shape index (κ3) is 3.67. The Morgan fingerprint density at radius 2 is 2.10 bits per heavy atom. The second-order valence-electron chi connectivity index (χ2n) is 2.30. The van der Waals surface area contributed by atoms with Crippen molar-refractivity contribution < 1.29 is 13.9 Å². The first-order chi connectivity index (χ1) is 4.57. The quantitative estimate of drug-likeness (QED) is 0.596. The maximum atomic E-state index is 10.7. The summed E-state index contributed by atoms with van der Waals surface area (Å²) in [4.78, 5) is 10.7. The van der Waals surface area contributed by atoms with Crippen LogP contribution in [-0.4, -0.2) is 12.1 Å². The lowest BCUT2D eigenvalue weighted by Crippen LogP contribution is -2.07. The molecule has 4 heteroatoms. The van der Waals surface area contributed by atoms with Gasteiger partial charge < -0.3 is 4.52 Å². The molecule has 0 aliphatic carbocycles. The Kier molecular flexibility index (Phi) is 4.37. The molecular formula is C6H13O3P. The Bertz CT molecular complexity index is 142. The number of rotatable bonds is 3. The topological polar surface area (TPSA) is 43.4 Å². The van der Waals surface area contributed by atoms with Crippen LogP contribution in [0.25, 0.3) is 0 Å². The zero-order valence-electron chi connectivity index (χ0n) is 6.51. The van der Waals surface area contributed by atoms with Crippen LogP contribution in [-0.2, 0) is 13.9 Å². The number of hydrogen-bond donors (Lipinski definition) is 0. The molecule has 0 saturated heterocycles. The molecule has 0 amide bonds. The first kappa shape index (κ1) is 9.70. The zero-order chi connectivity index (χ0) is 8.15. The van der Waals surface area contributed by atoms with E-state index in [2.05, 4.69) is 4.52 Å². The Morgan fingerprint density at radius 1 is 1.60 bits per heavy atom. The summed E-state index contributed by atoms with van der Waals surface area (Å²) in [5.41, 5.74) is 0. The maximum Gasteiger partial charge on any atom is 0.313 e. The minimum absolute atomic E-state index is 0.180. The van der Waals surface area contributed by atoms with Crippen molar-refractivity contribution in [3.63, 3.8) is 0 Å². The Morgan fingerprint density at radius 3 is 2.40 bits per heavy atom. The molecule has 1 unspecified atom stereocenters. The number of carbonyl (C=O) groups is 1. The van der Waals surface area contributed by atoms with Gasteiger partial charge in [-0.25, -0.2) is 0 Å². The van der Waals surface area contributed by atoms with E-state index in [0.717, 1.165) is 0 Å². The first-order valence-electron chi connectivity index (χ1n) is 3.32. The summed E-state index contributed by atoms with van der Waals surface area (Å²) in [6, 6.07) is 0. The molecule has 0 heterocycles. The van der Waals surface area contributed by atoms with Crippen molar-refractivity contribution in [3.8, 4) is 0 Å². The second kappa shape index (κ2) is 4.51. The Labute approximate surface area is 61.6 Å². The summed E-state index contributed by atoms with van der Waals surface area (Å²) in [6.07, 6.45) is 0.434. The summed E-state index contributed by atoms with van der Waals surface area (Å²) in [5, 5.41) is 0. The van der Waals surface area contributed by atoms with Gasteiger partial charge in [0.2, 0.25) is 8.03 Å². The molecule has 0 N–H and O–H groups in total. The van der Waals surface area contributed by atoms with Crippen LogP contribution in [0, 0.1) is 5.92 Å². The van der Waals surface area contributed by atoms with Gasteiger partial charge in [0.15, 0.2) is 0 Å². The molecule has 0 aromatic heterocycles. The van der Waals surface area contributed by atoms with Crippen molar-refractivity contribution in [2.24, 2.45) is 5.92 Å². The number of hydrogen-bond acceptors (Lipinski definition) is 3. The lowest BCUT2D eigenvalue weighted by atomic mass is 10.2. The van der Waals surface area contributed by atoms with Crippen LogP contribution in [0.1, 0.15) is 20.8 Å². The third-order valence-electron chi connectivity index (χ3n) is 0.975. The first-order valence-corrected chi connectivity index (χ1v) is 4.84. The van der Waals surface area contributed by atoms with E-state index in [-0.39, 0.29) is 11.9 Å². The van der Waals surface area contributed by atoms with Crippen LogP contribution in [0.2, 0.25) is 0 Å². The largest absolute Gasteiger partial charge is 0.414 e. The molecule has 0 radical (unpaired) electrons. The van der Waals surface area contributed by atoms with Crippen molar-refractivity contribution in [1.82, 2.24) is 0 Å². The SMILES string of the molecule is CC[PH](=O)OC(=O)C(C)C. The number of carbonyl (C=O) groups excluding carboxylic acids is 1. The van der Waals surface area contributed by atoms with Crippen LogP contribution >= 0.6 is 8.03 Å². The molecule has 3 nitrogen and oxygen atoms in total. The fourth-order valence-corrected chi connectivity index (χ4v) is 0.907. The molecule has 0 spiro atoms. The van der Waals surface area contributed by atoms with E-state index in [1.165, 1.54) is 0 Å². The Balaban J connectivity index is 3.69. The van der Waals surface area contributed by atoms with Gasteiger partial charge in [-0.2, -0.15) is 0 Å². The highest BCUT2D eigenvalue weighted by Gasteiger charge is 2.10. The van der Waals surface area contributed by atoms with Gasteiger partial charge in [-0.1, -0.05) is 20.8 Å². The average molecular weight is 164 g/mol. The van der Waals surface area contributed by atoms with Crippen molar-refractivity contribution in [1.29, 1.82) is 0 Å². The van der Waals surface area contributed by atoms with E-state index in [1.807, 2.05) is 0 Å². The van der Waals surface area contributed by atoms with Gasteiger partial charge in [0.05, 0.1) is 5.92 Å². The standard InChI is InChI=1S/C6H13O3P/c1-4-10(8)9-6(7)5(2)3/h5,10H,4H2,1-3H3. The summed E-state index contributed by atoms with van der Waals surface area (Å²) >= 11 is 0. The molecule has 0 bridgehead atoms. The summed E-state index contributed by atoms with van der Waals surface area (Å²) in [6.45, 7) is 5.16. The minimum atomic E-state index is -2.07. The molecule has 0 aliphatic rings. The van der Waals surface area contributed by atoms with Gasteiger partial charge in [0.25, 0.3) is 0 Å². The van der Waals surface area contributed by atoms with E-state index >= 15 is 0 Å². The molecule has 0 aliphatic heterocycles. The molecule has 0 aromatic rings. The van der Waals surface area contributed by atoms with Gasteiger partial charge in [-0.15, -0.1) is 0 Å². The van der Waals surface area contributed by atoms with Crippen molar-refractivity contribution in [3.05, 3.63) is 0 Å². The van der Waals surface area contributed by atoms with Crippen LogP contribution < -0.4 is 0 Å². The van der Waals surface area contributed by atoms with Crippen molar-refractivity contribution >= 4 is 14.0 Å². The van der Waals surface area contributed by atoms with E-state index < -0.39 is 8.03 Å². The van der Waals surface area contributed by atoms with E-state index in [0.29, 0.717) is 6.16 Å². The molecule has 0 rings (SSSR count). The molecule has 0 aromatic carbocycles. The average Bonchev–Trinajstić information content (AvgIpc) is 1.87. The minimum Gasteiger partial charge on any atom is -0.414 e. The van der Waals surface area contributed by atoms with Crippen LogP contribution in [0.5, 0.6) is 0 Å². The van der Waals surface area contributed by atoms with Crippen molar-refractivity contribution in [2.45, 2.75) is 20.8 Å². The summed E-state index contributed by atoms with van der Waals surface area (Å²) in [7, 11) is -2.07. The van der Waals surface area contributed by atoms with Gasteiger partial charge in [-0.05, 0) is 0 Å². The molecule has 0 fully saturated rings. The smallest absolute Gasteiger partial charge is 0.313 e. The fourth-order valence-electron chi connectivity index (χ4n) is 0.302. The van der Waals surface area contributed by atoms with Crippen molar-refractivity contribution in [2.75, 3.05) is 6.16 Å². The molecule has 0 saturated carbocycles. The normalized spacial score (nSPS) is 13.2. The maximum absolute atomic E-state index is 10.7.